The molecule has 1 aromatic heterocycles. The van der Waals surface area contributed by atoms with Crippen molar-refractivity contribution in [2.24, 2.45) is 5.92 Å². The van der Waals surface area contributed by atoms with Gasteiger partial charge in [-0.25, -0.2) is 9.37 Å². The van der Waals surface area contributed by atoms with Crippen molar-refractivity contribution in [3.8, 4) is 10.4 Å². The monoisotopic (exact) mass is 284 g/mol. The third-order valence-corrected chi connectivity index (χ3v) is 3.66. The molecule has 0 atom stereocenters. The molecule has 2 nitrogen and oxygen atoms in total. The first kappa shape index (κ1) is 13.3. The Bertz CT molecular complexity index is 519. The minimum atomic E-state index is -0.318. The molecule has 0 fully saturated rings. The van der Waals surface area contributed by atoms with Gasteiger partial charge in [0.1, 0.15) is 5.82 Å². The molecular weight excluding hydrogens is 271 g/mol. The average molecular weight is 285 g/mol. The molecule has 0 bridgehead atoms. The molecule has 1 aromatic carbocycles. The fourth-order valence-electron chi connectivity index (χ4n) is 1.50. The van der Waals surface area contributed by atoms with Crippen LogP contribution in [0.1, 0.15) is 13.8 Å². The van der Waals surface area contributed by atoms with E-state index in [0.717, 1.165) is 16.6 Å². The molecule has 1 heterocycles. The second kappa shape index (κ2) is 5.67. The number of hydrogen-bond acceptors (Lipinski definition) is 3. The van der Waals surface area contributed by atoms with E-state index in [-0.39, 0.29) is 5.82 Å². The Kier molecular flexibility index (Phi) is 4.19. The minimum absolute atomic E-state index is 0.318. The molecule has 0 aliphatic rings. The van der Waals surface area contributed by atoms with E-state index in [9.17, 15) is 4.39 Å². The Labute approximate surface area is 115 Å². The van der Waals surface area contributed by atoms with Crippen LogP contribution < -0.4 is 5.32 Å². The van der Waals surface area contributed by atoms with Crippen molar-refractivity contribution >= 4 is 28.1 Å². The Hall–Kier alpha value is -1.13. The average Bonchev–Trinajstić information content (AvgIpc) is 2.75. The lowest BCUT2D eigenvalue weighted by Gasteiger charge is -2.04. The lowest BCUT2D eigenvalue weighted by molar-refractivity contribution is 0.632. The molecule has 0 unspecified atom stereocenters. The molecular formula is C13H14ClFN2S. The van der Waals surface area contributed by atoms with E-state index >= 15 is 0 Å². The maximum atomic E-state index is 13.7. The number of anilines is 1. The van der Waals surface area contributed by atoms with E-state index in [1.54, 1.807) is 18.3 Å². The first-order valence-electron chi connectivity index (χ1n) is 5.72. The molecule has 1 N–H and O–H groups in total. The minimum Gasteiger partial charge on any atom is -0.361 e. The topological polar surface area (TPSA) is 24.9 Å². The molecule has 0 radical (unpaired) electrons. The first-order valence-corrected chi connectivity index (χ1v) is 6.91. The van der Waals surface area contributed by atoms with Crippen LogP contribution in [0.5, 0.6) is 0 Å². The van der Waals surface area contributed by atoms with Crippen LogP contribution in [0, 0.1) is 11.7 Å². The van der Waals surface area contributed by atoms with Crippen LogP contribution in [-0.2, 0) is 0 Å². The summed E-state index contributed by atoms with van der Waals surface area (Å²) in [5.41, 5.74) is 0.425. The number of benzene rings is 1. The van der Waals surface area contributed by atoms with Crippen LogP contribution in [0.15, 0.2) is 24.4 Å². The Morgan fingerprint density at radius 3 is 2.89 bits per heavy atom. The van der Waals surface area contributed by atoms with Crippen molar-refractivity contribution in [3.63, 3.8) is 0 Å². The van der Waals surface area contributed by atoms with E-state index in [1.807, 2.05) is 0 Å². The smallest absolute Gasteiger partial charge is 0.183 e. The Morgan fingerprint density at radius 1 is 1.44 bits per heavy atom. The van der Waals surface area contributed by atoms with Crippen LogP contribution >= 0.6 is 22.9 Å². The van der Waals surface area contributed by atoms with Crippen LogP contribution in [0.4, 0.5) is 9.52 Å². The highest BCUT2D eigenvalue weighted by Gasteiger charge is 2.12. The third-order valence-electron chi connectivity index (χ3n) is 2.38. The molecule has 18 heavy (non-hydrogen) atoms. The van der Waals surface area contributed by atoms with Crippen LogP contribution in [0.3, 0.4) is 0 Å². The summed E-state index contributed by atoms with van der Waals surface area (Å²) >= 11 is 7.43. The van der Waals surface area contributed by atoms with Crippen LogP contribution in [0.25, 0.3) is 10.4 Å². The van der Waals surface area contributed by atoms with Crippen molar-refractivity contribution in [2.45, 2.75) is 13.8 Å². The number of hydrogen-bond donors (Lipinski definition) is 1. The highest BCUT2D eigenvalue weighted by Crippen LogP contribution is 2.35. The molecule has 0 aliphatic heterocycles. The largest absolute Gasteiger partial charge is 0.361 e. The van der Waals surface area contributed by atoms with Crippen LogP contribution in [-0.4, -0.2) is 11.5 Å². The predicted molar refractivity (Wildman–Crippen MR) is 75.8 cm³/mol. The number of nitrogens with zero attached hydrogens (tertiary/aromatic N) is 1. The van der Waals surface area contributed by atoms with Crippen molar-refractivity contribution in [1.82, 2.24) is 4.98 Å². The van der Waals surface area contributed by atoms with E-state index in [2.05, 4.69) is 24.1 Å². The van der Waals surface area contributed by atoms with Gasteiger partial charge in [-0.3, -0.25) is 0 Å². The quantitative estimate of drug-likeness (QED) is 0.882. The van der Waals surface area contributed by atoms with Gasteiger partial charge >= 0.3 is 0 Å². The summed E-state index contributed by atoms with van der Waals surface area (Å²) in [7, 11) is 0. The predicted octanol–water partition coefficient (Wildman–Crippen LogP) is 4.67. The highest BCUT2D eigenvalue weighted by molar-refractivity contribution is 7.18. The summed E-state index contributed by atoms with van der Waals surface area (Å²) < 4.78 is 13.7. The Morgan fingerprint density at radius 2 is 2.22 bits per heavy atom. The molecule has 2 aromatic rings. The molecule has 0 aliphatic carbocycles. The van der Waals surface area contributed by atoms with E-state index in [4.69, 9.17) is 11.6 Å². The van der Waals surface area contributed by atoms with Gasteiger partial charge in [-0.1, -0.05) is 42.9 Å². The SMILES string of the molecule is CC(C)CNc1ncc(-c2c(F)cccc2Cl)s1. The zero-order valence-corrected chi connectivity index (χ0v) is 11.8. The molecule has 0 saturated carbocycles. The normalized spacial score (nSPS) is 10.9. The van der Waals surface area contributed by atoms with Gasteiger partial charge in [-0.05, 0) is 18.1 Å². The van der Waals surface area contributed by atoms with Gasteiger partial charge in [0.15, 0.2) is 5.13 Å². The second-order valence-corrected chi connectivity index (χ2v) is 5.84. The first-order chi connectivity index (χ1) is 8.58. The maximum absolute atomic E-state index is 13.7. The summed E-state index contributed by atoms with van der Waals surface area (Å²) in [4.78, 5) is 4.97. The number of thiazole rings is 1. The number of nitrogens with one attached hydrogen (secondary N) is 1. The highest BCUT2D eigenvalue weighted by atomic mass is 35.5. The van der Waals surface area contributed by atoms with Gasteiger partial charge in [0.05, 0.1) is 9.90 Å². The van der Waals surface area contributed by atoms with Crippen molar-refractivity contribution in [2.75, 3.05) is 11.9 Å². The van der Waals surface area contributed by atoms with Crippen molar-refractivity contribution in [1.29, 1.82) is 0 Å². The van der Waals surface area contributed by atoms with Gasteiger partial charge in [-0.15, -0.1) is 0 Å². The number of rotatable bonds is 4. The zero-order valence-electron chi connectivity index (χ0n) is 10.2. The fraction of sp³-hybridized carbons (Fsp3) is 0.308. The van der Waals surface area contributed by atoms with E-state index in [0.29, 0.717) is 16.5 Å². The number of aromatic nitrogens is 1. The summed E-state index contributed by atoms with van der Waals surface area (Å²) in [5, 5.41) is 4.42. The van der Waals surface area contributed by atoms with Crippen LogP contribution in [0.2, 0.25) is 5.02 Å². The van der Waals surface area contributed by atoms with Gasteiger partial charge in [0, 0.05) is 18.3 Å². The van der Waals surface area contributed by atoms with Gasteiger partial charge < -0.3 is 5.32 Å². The van der Waals surface area contributed by atoms with Gasteiger partial charge in [0.2, 0.25) is 0 Å². The summed E-state index contributed by atoms with van der Waals surface area (Å²) in [5.74, 6) is 0.218. The third kappa shape index (κ3) is 3.00. The summed E-state index contributed by atoms with van der Waals surface area (Å²) in [6.07, 6.45) is 1.65. The standard InChI is InChI=1S/C13H14ClFN2S/c1-8(2)6-16-13-17-7-11(18-13)12-9(14)4-3-5-10(12)15/h3-5,7-8H,6H2,1-2H3,(H,16,17). The molecule has 2 rings (SSSR count). The lowest BCUT2D eigenvalue weighted by Crippen LogP contribution is -2.07. The summed E-state index contributed by atoms with van der Waals surface area (Å²) in [6, 6.07) is 4.68. The summed E-state index contributed by atoms with van der Waals surface area (Å²) in [6.45, 7) is 5.09. The molecule has 0 saturated heterocycles. The zero-order chi connectivity index (χ0) is 13.1. The molecule has 5 heteroatoms. The van der Waals surface area contributed by atoms with E-state index in [1.165, 1.54) is 17.4 Å². The molecule has 0 spiro atoms. The maximum Gasteiger partial charge on any atom is 0.183 e. The van der Waals surface area contributed by atoms with Gasteiger partial charge in [0.25, 0.3) is 0 Å². The number of halogens is 2. The fourth-order valence-corrected chi connectivity index (χ4v) is 2.70. The Balaban J connectivity index is 2.24. The van der Waals surface area contributed by atoms with Crippen molar-refractivity contribution < 1.29 is 4.39 Å². The molecule has 96 valence electrons. The van der Waals surface area contributed by atoms with Gasteiger partial charge in [-0.2, -0.15) is 0 Å². The van der Waals surface area contributed by atoms with Crippen molar-refractivity contribution in [3.05, 3.63) is 35.2 Å². The lowest BCUT2D eigenvalue weighted by atomic mass is 10.2. The molecule has 0 amide bonds. The second-order valence-electron chi connectivity index (χ2n) is 4.40. The van der Waals surface area contributed by atoms with E-state index < -0.39 is 0 Å².